The number of fused-ring (bicyclic) bond motifs is 1. The van der Waals surface area contributed by atoms with Crippen LogP contribution >= 0.6 is 45.3 Å². The molecule has 0 saturated heterocycles. The molecule has 0 bridgehead atoms. The van der Waals surface area contributed by atoms with Crippen LogP contribution in [0.5, 0.6) is 0 Å². The van der Waals surface area contributed by atoms with Crippen LogP contribution in [0.3, 0.4) is 0 Å². The second-order valence-corrected chi connectivity index (χ2v) is 8.36. The van der Waals surface area contributed by atoms with Gasteiger partial charge in [-0.05, 0) is 49.1 Å². The Morgan fingerprint density at radius 2 is 0.933 bits per heavy atom. The lowest BCUT2D eigenvalue weighted by molar-refractivity contribution is 1.30. The minimum Gasteiger partial charge on any atom is -0.281 e. The zero-order valence-electron chi connectivity index (χ0n) is 15.7. The zero-order valence-corrected chi connectivity index (χ0v) is 19.0. The first-order valence-corrected chi connectivity index (χ1v) is 12.4. The van der Waals surface area contributed by atoms with Crippen LogP contribution in [-0.4, -0.2) is 9.97 Å². The third kappa shape index (κ3) is 9.62. The van der Waals surface area contributed by atoms with E-state index in [0.29, 0.717) is 5.69 Å². The Morgan fingerprint density at radius 1 is 0.567 bits per heavy atom. The second-order valence-electron chi connectivity index (χ2n) is 5.10. The molecular weight excluding hydrogens is 453 g/mol. The Labute approximate surface area is 190 Å². The Balaban J connectivity index is 0.000000139. The van der Waals surface area contributed by atoms with Gasteiger partial charge < -0.3 is 0 Å². The second kappa shape index (κ2) is 15.1. The first-order valence-electron chi connectivity index (χ1n) is 8.59. The van der Waals surface area contributed by atoms with E-state index >= 15 is 0 Å². The van der Waals surface area contributed by atoms with Crippen LogP contribution in [0.15, 0.2) is 113 Å². The van der Waals surface area contributed by atoms with Crippen LogP contribution in [0.4, 0.5) is 0 Å². The number of hydrogen-bond donors (Lipinski definition) is 0. The van der Waals surface area contributed by atoms with E-state index in [0.717, 1.165) is 0 Å². The van der Waals surface area contributed by atoms with Crippen molar-refractivity contribution in [2.75, 3.05) is 0 Å². The van der Waals surface area contributed by atoms with Crippen LogP contribution in [0.25, 0.3) is 11.4 Å². The summed E-state index contributed by atoms with van der Waals surface area (Å²) in [6.45, 7) is 0. The Bertz CT molecular complexity index is 953. The van der Waals surface area contributed by atoms with Crippen molar-refractivity contribution in [2.24, 2.45) is 0 Å². The Hall–Kier alpha value is -2.78. The minimum atomic E-state index is -0.710. The highest BCUT2D eigenvalue weighted by atomic mass is 32.1. The molecule has 0 saturated carbocycles. The highest BCUT2D eigenvalue weighted by molar-refractivity contribution is 7.08. The van der Waals surface area contributed by atoms with E-state index in [2.05, 4.69) is 9.97 Å². The summed E-state index contributed by atoms with van der Waals surface area (Å²) in [5, 5.41) is 16.3. The maximum absolute atomic E-state index is 10.8. The minimum absolute atomic E-state index is 0.185. The van der Waals surface area contributed by atoms with Gasteiger partial charge in [0, 0.05) is 6.20 Å². The molecule has 0 spiro atoms. The van der Waals surface area contributed by atoms with Crippen LogP contribution in [0, 0.1) is 0 Å². The molecule has 0 radical (unpaired) electrons. The van der Waals surface area contributed by atoms with Gasteiger partial charge >= 0.3 is 5.56 Å². The lowest BCUT2D eigenvalue weighted by Crippen LogP contribution is -2.19. The molecule has 6 heterocycles. The summed E-state index contributed by atoms with van der Waals surface area (Å²) in [7, 11) is 0. The van der Waals surface area contributed by atoms with E-state index in [9.17, 15) is 9.59 Å². The molecule has 0 N–H and O–H groups in total. The standard InChI is InChI=1S/C6H2N2O2.4C4H4S/c9-5-4-3(1-2-7-4)8-6(5)10;4*1-2-4-5-3-1/h1-2H;4*1-4H. The molecule has 2 aliphatic rings. The number of thiophene rings is 4. The fourth-order valence-corrected chi connectivity index (χ4v) is 3.58. The number of rotatable bonds is 0. The summed E-state index contributed by atoms with van der Waals surface area (Å²) >= 11 is 6.85. The molecule has 4 aromatic rings. The molecule has 0 aromatic carbocycles. The van der Waals surface area contributed by atoms with E-state index in [1.165, 1.54) is 12.3 Å². The number of nitrogens with zero attached hydrogens (tertiary/aromatic N) is 2. The van der Waals surface area contributed by atoms with Crippen LogP contribution in [-0.2, 0) is 0 Å². The van der Waals surface area contributed by atoms with Crippen molar-refractivity contribution < 1.29 is 0 Å². The molecule has 4 nitrogen and oxygen atoms in total. The van der Waals surface area contributed by atoms with Crippen LogP contribution in [0.1, 0.15) is 0 Å². The van der Waals surface area contributed by atoms with Gasteiger partial charge in [-0.2, -0.15) is 45.3 Å². The van der Waals surface area contributed by atoms with Crippen LogP contribution < -0.4 is 11.0 Å². The summed E-state index contributed by atoms with van der Waals surface area (Å²) in [4.78, 5) is 28.4. The third-order valence-electron chi connectivity index (χ3n) is 3.01. The molecule has 0 atom stereocenters. The highest BCUT2D eigenvalue weighted by Crippen LogP contribution is 2.08. The van der Waals surface area contributed by atoms with Gasteiger partial charge in [-0.3, -0.25) is 14.6 Å². The molecule has 0 amide bonds. The Morgan fingerprint density at radius 3 is 1.20 bits per heavy atom. The van der Waals surface area contributed by atoms with Crippen LogP contribution in [0.2, 0.25) is 0 Å². The average Bonchev–Trinajstić information content (AvgIpc) is 3.63. The molecule has 152 valence electrons. The summed E-state index contributed by atoms with van der Waals surface area (Å²) in [5.41, 5.74) is -0.724. The first kappa shape index (κ1) is 23.5. The van der Waals surface area contributed by atoms with Gasteiger partial charge in [0.05, 0.1) is 5.69 Å². The van der Waals surface area contributed by atoms with Crippen molar-refractivity contribution in [3.05, 3.63) is 124 Å². The lowest BCUT2D eigenvalue weighted by Gasteiger charge is -1.72. The first-order chi connectivity index (χ1) is 14.8. The van der Waals surface area contributed by atoms with E-state index in [1.54, 1.807) is 45.3 Å². The molecule has 4 aromatic heterocycles. The van der Waals surface area contributed by atoms with Crippen molar-refractivity contribution in [2.45, 2.75) is 0 Å². The fourth-order valence-electron chi connectivity index (χ4n) is 1.76. The van der Waals surface area contributed by atoms with E-state index < -0.39 is 11.0 Å². The topological polar surface area (TPSA) is 59.9 Å². The van der Waals surface area contributed by atoms with Crippen molar-refractivity contribution in [1.29, 1.82) is 0 Å². The van der Waals surface area contributed by atoms with Crippen molar-refractivity contribution in [3.8, 4) is 11.4 Å². The zero-order chi connectivity index (χ0) is 21.3. The van der Waals surface area contributed by atoms with E-state index in [4.69, 9.17) is 0 Å². The molecule has 2 aliphatic heterocycles. The predicted octanol–water partition coefficient (Wildman–Crippen LogP) is 6.17. The lowest BCUT2D eigenvalue weighted by atomic mass is 10.4. The molecule has 30 heavy (non-hydrogen) atoms. The largest absolute Gasteiger partial charge is 0.320 e. The van der Waals surface area contributed by atoms with E-state index in [-0.39, 0.29) is 5.69 Å². The molecule has 0 unspecified atom stereocenters. The summed E-state index contributed by atoms with van der Waals surface area (Å²) in [5.74, 6) is 0. The number of aromatic nitrogens is 2. The fraction of sp³-hybridized carbons (Fsp3) is 0. The van der Waals surface area contributed by atoms with Crippen molar-refractivity contribution in [3.63, 3.8) is 0 Å². The molecule has 0 fully saturated rings. The number of hydrogen-bond acceptors (Lipinski definition) is 8. The Kier molecular flexibility index (Phi) is 11.8. The van der Waals surface area contributed by atoms with Crippen molar-refractivity contribution >= 4 is 45.3 Å². The van der Waals surface area contributed by atoms with E-state index in [1.807, 2.05) is 91.6 Å². The van der Waals surface area contributed by atoms with Gasteiger partial charge in [0.1, 0.15) is 5.69 Å². The van der Waals surface area contributed by atoms with Gasteiger partial charge in [0.25, 0.3) is 5.43 Å². The highest BCUT2D eigenvalue weighted by Gasteiger charge is 2.14. The van der Waals surface area contributed by atoms with Gasteiger partial charge in [0.2, 0.25) is 0 Å². The quantitative estimate of drug-likeness (QED) is 0.249. The summed E-state index contributed by atoms with van der Waals surface area (Å²) in [6.07, 6.45) is 1.46. The molecular formula is C22H18N2O2S4. The normalized spacial score (nSPS) is 8.93. The maximum atomic E-state index is 10.8. The third-order valence-corrected chi connectivity index (χ3v) is 5.53. The molecule has 6 rings (SSSR count). The molecule has 8 heteroatoms. The summed E-state index contributed by atoms with van der Waals surface area (Å²) < 4.78 is 0. The van der Waals surface area contributed by atoms with Gasteiger partial charge in [-0.15, -0.1) is 0 Å². The van der Waals surface area contributed by atoms with Gasteiger partial charge in [-0.25, -0.2) is 4.98 Å². The van der Waals surface area contributed by atoms with Crippen molar-refractivity contribution in [1.82, 2.24) is 9.97 Å². The van der Waals surface area contributed by atoms with Gasteiger partial charge in [0.15, 0.2) is 0 Å². The summed E-state index contributed by atoms with van der Waals surface area (Å²) in [6, 6.07) is 17.7. The molecule has 0 aliphatic carbocycles. The monoisotopic (exact) mass is 470 g/mol. The average molecular weight is 471 g/mol. The smallest absolute Gasteiger partial charge is 0.281 e. The SMILES string of the molecule is O=c1nc2ccnc-2c1=O.c1ccsc1.c1ccsc1.c1ccsc1.c1ccsc1. The van der Waals surface area contributed by atoms with Gasteiger partial charge in [-0.1, -0.05) is 48.5 Å². The predicted molar refractivity (Wildman–Crippen MR) is 131 cm³/mol. The maximum Gasteiger partial charge on any atom is 0.320 e.